The fraction of sp³-hybridized carbons (Fsp3) is 0.525. The number of carbonyl (C=O) groups is 1. The summed E-state index contributed by atoms with van der Waals surface area (Å²) in [6, 6.07) is 17.1. The van der Waals surface area contributed by atoms with Crippen LogP contribution in [0.25, 0.3) is 34.2 Å². The maximum atomic E-state index is 12.5. The van der Waals surface area contributed by atoms with E-state index in [1.165, 1.54) is 11.1 Å². The summed E-state index contributed by atoms with van der Waals surface area (Å²) in [7, 11) is 1.01. The molecule has 11 heteroatoms. The van der Waals surface area contributed by atoms with Crippen LogP contribution in [0.2, 0.25) is 25.7 Å². The number of amides is 1. The van der Waals surface area contributed by atoms with E-state index in [9.17, 15) is 4.79 Å². The van der Waals surface area contributed by atoms with E-state index >= 15 is 0 Å². The van der Waals surface area contributed by atoms with Gasteiger partial charge in [0, 0.05) is 64.6 Å². The second-order valence-electron chi connectivity index (χ2n) is 16.5. The first-order valence-electron chi connectivity index (χ1n) is 18.6. The van der Waals surface area contributed by atoms with Gasteiger partial charge in [0.15, 0.2) is 0 Å². The molecule has 4 heterocycles. The highest BCUT2D eigenvalue weighted by molar-refractivity contribution is 6.76. The summed E-state index contributed by atoms with van der Waals surface area (Å²) >= 11 is 0. The van der Waals surface area contributed by atoms with Gasteiger partial charge in [-0.25, -0.2) is 9.48 Å². The lowest BCUT2D eigenvalue weighted by Gasteiger charge is -2.35. The molecule has 1 amide bonds. The number of piperazine rings is 1. The first kappa shape index (κ1) is 37.0. The van der Waals surface area contributed by atoms with E-state index < -0.39 is 13.7 Å². The molecular formula is C40H57N7O3Si. The molecule has 0 atom stereocenters. The van der Waals surface area contributed by atoms with Crippen molar-refractivity contribution in [3.63, 3.8) is 0 Å². The third-order valence-corrected chi connectivity index (χ3v) is 11.5. The van der Waals surface area contributed by atoms with Crippen LogP contribution in [0, 0.1) is 0 Å². The smallest absolute Gasteiger partial charge is 0.410 e. The molecular weight excluding hydrogens is 655 g/mol. The molecule has 274 valence electrons. The lowest BCUT2D eigenvalue weighted by molar-refractivity contribution is 0.0139. The Morgan fingerprint density at radius 1 is 0.941 bits per heavy atom. The molecule has 2 aliphatic rings. The largest absolute Gasteiger partial charge is 0.444 e. The Hall–Kier alpha value is -3.77. The van der Waals surface area contributed by atoms with Crippen molar-refractivity contribution in [2.75, 3.05) is 52.9 Å². The van der Waals surface area contributed by atoms with E-state index in [1.54, 1.807) is 0 Å². The van der Waals surface area contributed by atoms with Crippen molar-refractivity contribution >= 4 is 37.2 Å². The van der Waals surface area contributed by atoms with Gasteiger partial charge in [-0.15, -0.1) is 0 Å². The van der Waals surface area contributed by atoms with Crippen LogP contribution in [0.1, 0.15) is 56.5 Å². The maximum absolute atomic E-state index is 12.5. The van der Waals surface area contributed by atoms with Crippen LogP contribution >= 0.6 is 0 Å². The molecule has 2 aromatic carbocycles. The van der Waals surface area contributed by atoms with Crippen molar-refractivity contribution in [1.29, 1.82) is 0 Å². The molecule has 6 rings (SSSR count). The van der Waals surface area contributed by atoms with Gasteiger partial charge in [-0.1, -0.05) is 50.0 Å². The second kappa shape index (κ2) is 15.9. The van der Waals surface area contributed by atoms with Crippen molar-refractivity contribution in [2.45, 2.75) is 84.2 Å². The van der Waals surface area contributed by atoms with Gasteiger partial charge in [-0.05, 0) is 101 Å². The molecule has 0 aliphatic carbocycles. The topological polar surface area (TPSA) is 80.9 Å². The van der Waals surface area contributed by atoms with Crippen molar-refractivity contribution in [3.05, 3.63) is 71.7 Å². The Morgan fingerprint density at radius 3 is 2.33 bits per heavy atom. The summed E-state index contributed by atoms with van der Waals surface area (Å²) in [5.41, 5.74) is 6.19. The number of fused-ring (bicyclic) bond motifs is 1. The van der Waals surface area contributed by atoms with Gasteiger partial charge in [0.05, 0.1) is 23.4 Å². The minimum absolute atomic E-state index is 0.221. The molecule has 0 bridgehead atoms. The zero-order chi connectivity index (χ0) is 36.2. The summed E-state index contributed by atoms with van der Waals surface area (Å²) < 4.78 is 15.8. The zero-order valence-electron chi connectivity index (χ0n) is 31.8. The predicted molar refractivity (Wildman–Crippen MR) is 209 cm³/mol. The van der Waals surface area contributed by atoms with Crippen molar-refractivity contribution < 1.29 is 14.3 Å². The van der Waals surface area contributed by atoms with Crippen LogP contribution in [0.3, 0.4) is 0 Å². The summed E-state index contributed by atoms with van der Waals surface area (Å²) in [4.78, 5) is 19.1. The first-order chi connectivity index (χ1) is 24.3. The van der Waals surface area contributed by atoms with E-state index in [2.05, 4.69) is 102 Å². The molecule has 51 heavy (non-hydrogen) atoms. The number of hydrogen-bond acceptors (Lipinski definition) is 7. The summed E-state index contributed by atoms with van der Waals surface area (Å²) in [6.45, 7) is 20.1. The van der Waals surface area contributed by atoms with Gasteiger partial charge in [0.25, 0.3) is 0 Å². The van der Waals surface area contributed by atoms with E-state index in [-0.39, 0.29) is 6.09 Å². The van der Waals surface area contributed by atoms with Crippen LogP contribution in [-0.4, -0.2) is 107 Å². The van der Waals surface area contributed by atoms with Gasteiger partial charge < -0.3 is 19.3 Å². The number of ether oxygens (including phenoxy) is 2. The molecule has 0 unspecified atom stereocenters. The van der Waals surface area contributed by atoms with Crippen LogP contribution in [-0.2, 0) is 22.7 Å². The Morgan fingerprint density at radius 2 is 1.65 bits per heavy atom. The minimum Gasteiger partial charge on any atom is -0.444 e. The normalized spacial score (nSPS) is 17.2. The van der Waals surface area contributed by atoms with Crippen LogP contribution in [0.15, 0.2) is 54.9 Å². The van der Waals surface area contributed by atoms with E-state index in [0.29, 0.717) is 25.9 Å². The summed E-state index contributed by atoms with van der Waals surface area (Å²) in [5.74, 6) is 0. The van der Waals surface area contributed by atoms with Crippen molar-refractivity contribution in [1.82, 2.24) is 34.3 Å². The number of likely N-dealkylation sites (tertiary alicyclic amines) is 1. The fourth-order valence-electron chi connectivity index (χ4n) is 6.68. The predicted octanol–water partition coefficient (Wildman–Crippen LogP) is 7.70. The highest BCUT2D eigenvalue weighted by Gasteiger charge is 2.26. The summed E-state index contributed by atoms with van der Waals surface area (Å²) in [5, 5.41) is 10.9. The van der Waals surface area contributed by atoms with Crippen LogP contribution < -0.4 is 0 Å². The number of piperidine rings is 1. The number of benzene rings is 2. The fourth-order valence-corrected chi connectivity index (χ4v) is 7.44. The Labute approximate surface area is 305 Å². The molecule has 2 fully saturated rings. The maximum Gasteiger partial charge on any atom is 0.410 e. The molecule has 2 aliphatic heterocycles. The molecule has 10 nitrogen and oxygen atoms in total. The van der Waals surface area contributed by atoms with Crippen molar-refractivity contribution in [2.24, 2.45) is 0 Å². The van der Waals surface area contributed by atoms with Gasteiger partial charge in [-0.2, -0.15) is 10.2 Å². The molecule has 2 aromatic heterocycles. The van der Waals surface area contributed by atoms with E-state index in [0.717, 1.165) is 85.9 Å². The standard InChI is InChI=1S/C40H57N7O3Si/c1-40(2,3)50-39(48)45-22-20-44(21-23-45)28-31-8-11-33(12-9-31)34-13-15-38-36(26-34)37(42-47(38)30-49-24-25-51(5,6)7)14-10-32-27-41-46(29-32)35-16-18-43(4)19-17-35/h8-15,26-27,29,35H,16-25,28,30H2,1-7H3/b14-10+. The van der Waals surface area contributed by atoms with E-state index in [1.807, 2.05) is 36.5 Å². The lowest BCUT2D eigenvalue weighted by Crippen LogP contribution is -2.49. The molecule has 2 saturated heterocycles. The molecule has 0 saturated carbocycles. The third kappa shape index (κ3) is 10.2. The molecule has 4 aromatic rings. The molecule has 0 N–H and O–H groups in total. The number of aromatic nitrogens is 4. The van der Waals surface area contributed by atoms with Gasteiger partial charge in [0.2, 0.25) is 0 Å². The number of hydrogen-bond donors (Lipinski definition) is 0. The van der Waals surface area contributed by atoms with Crippen LogP contribution in [0.5, 0.6) is 0 Å². The quantitative estimate of drug-likeness (QED) is 0.117. The number of carbonyl (C=O) groups excluding carboxylic acids is 1. The average molecular weight is 712 g/mol. The Bertz CT molecular complexity index is 1790. The Balaban J connectivity index is 1.15. The average Bonchev–Trinajstić information content (AvgIpc) is 3.70. The van der Waals surface area contributed by atoms with Gasteiger partial charge in [-0.3, -0.25) is 9.58 Å². The first-order valence-corrected chi connectivity index (χ1v) is 22.3. The third-order valence-electron chi connectivity index (χ3n) is 9.82. The molecule has 0 spiro atoms. The highest BCUT2D eigenvalue weighted by Crippen LogP contribution is 2.29. The number of rotatable bonds is 11. The van der Waals surface area contributed by atoms with Gasteiger partial charge in [0.1, 0.15) is 12.3 Å². The SMILES string of the molecule is CN1CCC(n2cc(/C=C/c3nn(COCC[Si](C)(C)C)c4ccc(-c5ccc(CN6CCN(C(=O)OC(C)(C)C)CC6)cc5)cc34)cn2)CC1. The lowest BCUT2D eigenvalue weighted by atomic mass is 10.0. The second-order valence-corrected chi connectivity index (χ2v) is 22.1. The van der Waals surface area contributed by atoms with E-state index in [4.69, 9.17) is 19.7 Å². The highest BCUT2D eigenvalue weighted by atomic mass is 28.3. The molecule has 0 radical (unpaired) electrons. The minimum atomic E-state index is -1.18. The zero-order valence-corrected chi connectivity index (χ0v) is 32.8. The number of nitrogens with zero attached hydrogens (tertiary/aromatic N) is 7. The Kier molecular flexibility index (Phi) is 11.5. The van der Waals surface area contributed by atoms with Gasteiger partial charge >= 0.3 is 6.09 Å². The van der Waals surface area contributed by atoms with Crippen molar-refractivity contribution in [3.8, 4) is 11.1 Å². The monoisotopic (exact) mass is 711 g/mol. The summed E-state index contributed by atoms with van der Waals surface area (Å²) in [6.07, 6.45) is 10.4. The van der Waals surface area contributed by atoms with Crippen LogP contribution in [0.4, 0.5) is 4.79 Å².